The molecule has 0 heterocycles. The van der Waals surface area contributed by atoms with Gasteiger partial charge in [0.25, 0.3) is 0 Å². The summed E-state index contributed by atoms with van der Waals surface area (Å²) in [5.74, 6) is 0.418. The molecule has 0 bridgehead atoms. The minimum Gasteiger partial charge on any atom is -1.00 e. The van der Waals surface area contributed by atoms with Gasteiger partial charge in [-0.2, -0.15) is 16.8 Å². The smallest absolute Gasteiger partial charge is 1.00 e. The molecule has 0 spiro atoms. The SMILES string of the molecule is C[Si](C)=C1[C-]=C(C2C=Cc3ccccc32)C=C1.[Cl-].[Cl-].[Zr+3]. The number of hydrogen-bond acceptors (Lipinski definition) is 0. The van der Waals surface area contributed by atoms with E-state index in [2.05, 4.69) is 67.7 Å². The van der Waals surface area contributed by atoms with E-state index in [1.165, 1.54) is 21.9 Å². The van der Waals surface area contributed by atoms with E-state index in [0.29, 0.717) is 5.92 Å². The first-order valence-electron chi connectivity index (χ1n) is 6.02. The molecule has 0 fully saturated rings. The Hall–Kier alpha value is -0.01000. The zero-order valence-electron chi connectivity index (χ0n) is 11.5. The van der Waals surface area contributed by atoms with E-state index < -0.39 is 0 Å². The topological polar surface area (TPSA) is 0 Å². The van der Waals surface area contributed by atoms with E-state index in [4.69, 9.17) is 0 Å². The summed E-state index contributed by atoms with van der Waals surface area (Å²) in [4.78, 5) is 0. The van der Waals surface area contributed by atoms with Crippen LogP contribution in [0.4, 0.5) is 0 Å². The third-order valence-corrected chi connectivity index (χ3v) is 4.75. The van der Waals surface area contributed by atoms with Crippen molar-refractivity contribution >= 4 is 19.7 Å². The minimum atomic E-state index is -0.376. The Bertz CT molecular complexity index is 596. The van der Waals surface area contributed by atoms with Gasteiger partial charge < -0.3 is 24.8 Å². The van der Waals surface area contributed by atoms with Crippen LogP contribution >= 0.6 is 0 Å². The van der Waals surface area contributed by atoms with Crippen LogP contribution in [0.1, 0.15) is 17.0 Å². The van der Waals surface area contributed by atoms with Crippen LogP contribution in [0.25, 0.3) is 6.08 Å². The number of rotatable bonds is 1. The third-order valence-electron chi connectivity index (χ3n) is 3.38. The molecular formula is C16H15Cl2SiZr. The molecule has 0 saturated carbocycles. The molecule has 0 amide bonds. The maximum absolute atomic E-state index is 3.59. The summed E-state index contributed by atoms with van der Waals surface area (Å²) in [5, 5.41) is 1.42. The van der Waals surface area contributed by atoms with Crippen LogP contribution in [-0.4, -0.2) is 13.6 Å². The van der Waals surface area contributed by atoms with Gasteiger partial charge in [-0.05, 0) is 19.5 Å². The molecule has 20 heavy (non-hydrogen) atoms. The van der Waals surface area contributed by atoms with Gasteiger partial charge in [0, 0.05) is 5.92 Å². The van der Waals surface area contributed by atoms with Gasteiger partial charge in [0.2, 0.25) is 0 Å². The predicted molar refractivity (Wildman–Crippen MR) is 76.6 cm³/mol. The standard InChI is InChI=1S/C16H15Si.2ClH.Zr/c1-17(2)14-9-7-13(11-14)16-10-8-12-5-3-4-6-15(12)16;;;/h3-10,16H,1-2H3;2*1H;/q-1;;;+3/p-2. The van der Waals surface area contributed by atoms with Crippen molar-refractivity contribution in [2.24, 2.45) is 0 Å². The Balaban J connectivity index is 0.00000120. The molecule has 0 aliphatic heterocycles. The Morgan fingerprint density at radius 3 is 2.35 bits per heavy atom. The van der Waals surface area contributed by atoms with E-state index in [-0.39, 0.29) is 59.4 Å². The molecule has 1 unspecified atom stereocenters. The average molecular weight is 398 g/mol. The van der Waals surface area contributed by atoms with Crippen LogP contribution in [-0.2, 0) is 26.2 Å². The fourth-order valence-electron chi connectivity index (χ4n) is 2.41. The maximum atomic E-state index is 3.59. The largest absolute Gasteiger partial charge is 3.00 e. The van der Waals surface area contributed by atoms with Crippen LogP contribution in [0.2, 0.25) is 13.1 Å². The molecular weight excluding hydrogens is 382 g/mol. The molecule has 1 aromatic carbocycles. The van der Waals surface area contributed by atoms with Crippen molar-refractivity contribution in [1.82, 2.24) is 0 Å². The normalized spacial score (nSPS) is 17.6. The third kappa shape index (κ3) is 3.80. The van der Waals surface area contributed by atoms with Crippen LogP contribution in [0, 0.1) is 6.08 Å². The summed E-state index contributed by atoms with van der Waals surface area (Å²) in [6.45, 7) is 4.64. The first-order chi connectivity index (χ1) is 8.25. The predicted octanol–water partition coefficient (Wildman–Crippen LogP) is -2.39. The van der Waals surface area contributed by atoms with Crippen molar-refractivity contribution in [1.29, 1.82) is 0 Å². The van der Waals surface area contributed by atoms with Crippen LogP contribution in [0.5, 0.6) is 0 Å². The van der Waals surface area contributed by atoms with Crippen LogP contribution in [0.3, 0.4) is 0 Å². The minimum absolute atomic E-state index is 0. The summed E-state index contributed by atoms with van der Waals surface area (Å²) < 4.78 is 0. The van der Waals surface area contributed by atoms with Gasteiger partial charge in [-0.25, -0.2) is 12.2 Å². The summed E-state index contributed by atoms with van der Waals surface area (Å²) in [6, 6.07) is 8.64. The number of hydrogen-bond donors (Lipinski definition) is 0. The first-order valence-corrected chi connectivity index (χ1v) is 8.52. The second kappa shape index (κ2) is 8.44. The number of fused-ring (bicyclic) bond motifs is 1. The molecule has 101 valence electrons. The quantitative estimate of drug-likeness (QED) is 0.367. The van der Waals surface area contributed by atoms with E-state index in [1.54, 1.807) is 0 Å². The van der Waals surface area contributed by atoms with Crippen LogP contribution < -0.4 is 24.8 Å². The van der Waals surface area contributed by atoms with E-state index >= 15 is 0 Å². The molecule has 2 aliphatic rings. The number of allylic oxidation sites excluding steroid dienone is 5. The van der Waals surface area contributed by atoms with Crippen molar-refractivity contribution in [3.05, 3.63) is 65.3 Å². The van der Waals surface area contributed by atoms with E-state index in [0.717, 1.165) is 0 Å². The fraction of sp³-hybridized carbons (Fsp3) is 0.188. The zero-order valence-corrected chi connectivity index (χ0v) is 16.4. The van der Waals surface area contributed by atoms with Gasteiger partial charge >= 0.3 is 26.2 Å². The maximum Gasteiger partial charge on any atom is 3.00 e. The van der Waals surface area contributed by atoms with Crippen molar-refractivity contribution in [3.8, 4) is 0 Å². The summed E-state index contributed by atoms with van der Waals surface area (Å²) in [7, 11) is -0.376. The Labute approximate surface area is 154 Å². The van der Waals surface area contributed by atoms with Gasteiger partial charge in [-0.15, -0.1) is 0 Å². The summed E-state index contributed by atoms with van der Waals surface area (Å²) in [5.41, 5.74) is 4.10. The Morgan fingerprint density at radius 2 is 1.70 bits per heavy atom. The number of benzene rings is 1. The van der Waals surface area contributed by atoms with Gasteiger partial charge in [-0.1, -0.05) is 49.5 Å². The molecule has 3 rings (SSSR count). The molecule has 0 N–H and O–H groups in total. The molecule has 1 aromatic rings. The van der Waals surface area contributed by atoms with Gasteiger partial charge in [-0.3, -0.25) is 0 Å². The summed E-state index contributed by atoms with van der Waals surface area (Å²) in [6.07, 6.45) is 12.6. The summed E-state index contributed by atoms with van der Waals surface area (Å²) >= 11 is 0. The van der Waals surface area contributed by atoms with Crippen molar-refractivity contribution < 1.29 is 51.0 Å². The van der Waals surface area contributed by atoms with Crippen molar-refractivity contribution in [3.63, 3.8) is 0 Å². The van der Waals surface area contributed by atoms with E-state index in [1.807, 2.05) is 0 Å². The Kier molecular flexibility index (Phi) is 8.43. The first kappa shape index (κ1) is 20.0. The van der Waals surface area contributed by atoms with Gasteiger partial charge in [0.05, 0.1) is 0 Å². The molecule has 1 atom stereocenters. The molecule has 4 heteroatoms. The molecule has 0 nitrogen and oxygen atoms in total. The molecule has 0 aromatic heterocycles. The number of halogens is 2. The van der Waals surface area contributed by atoms with Gasteiger partial charge in [0.1, 0.15) is 0 Å². The van der Waals surface area contributed by atoms with Crippen LogP contribution in [0.15, 0.2) is 48.1 Å². The molecule has 0 saturated heterocycles. The fourth-order valence-corrected chi connectivity index (χ4v) is 3.22. The Morgan fingerprint density at radius 1 is 1.00 bits per heavy atom. The molecule has 2 aliphatic carbocycles. The van der Waals surface area contributed by atoms with Crippen molar-refractivity contribution in [2.75, 3.05) is 0 Å². The van der Waals surface area contributed by atoms with Crippen molar-refractivity contribution in [2.45, 2.75) is 19.0 Å². The monoisotopic (exact) mass is 395 g/mol. The average Bonchev–Trinajstić information content (AvgIpc) is 2.95. The molecule has 1 radical (unpaired) electrons. The zero-order chi connectivity index (χ0) is 11.8. The second-order valence-corrected chi connectivity index (χ2v) is 7.33. The van der Waals surface area contributed by atoms with Gasteiger partial charge in [0.15, 0.2) is 0 Å². The second-order valence-electron chi connectivity index (χ2n) is 4.79. The van der Waals surface area contributed by atoms with E-state index in [9.17, 15) is 0 Å².